The molecule has 1 N–H and O–H groups in total. The SMILES string of the molecule is CCCN(CCC)Cc1ccccc1Sc1cccc(O)c1.Cl. The summed E-state index contributed by atoms with van der Waals surface area (Å²) in [7, 11) is 0. The first-order valence-electron chi connectivity index (χ1n) is 8.00. The van der Waals surface area contributed by atoms with E-state index in [9.17, 15) is 5.11 Å². The summed E-state index contributed by atoms with van der Waals surface area (Å²) in [6, 6.07) is 16.0. The van der Waals surface area contributed by atoms with Crippen molar-refractivity contribution in [3.63, 3.8) is 0 Å². The van der Waals surface area contributed by atoms with E-state index in [-0.39, 0.29) is 12.4 Å². The molecular formula is C19H26ClNOS. The minimum Gasteiger partial charge on any atom is -0.508 e. The summed E-state index contributed by atoms with van der Waals surface area (Å²) in [6.45, 7) is 7.73. The summed E-state index contributed by atoms with van der Waals surface area (Å²) < 4.78 is 0. The molecule has 0 saturated heterocycles. The van der Waals surface area contributed by atoms with Gasteiger partial charge in [0.05, 0.1) is 0 Å². The zero-order chi connectivity index (χ0) is 15.8. The third-order valence-corrected chi connectivity index (χ3v) is 4.60. The minimum absolute atomic E-state index is 0. The van der Waals surface area contributed by atoms with Gasteiger partial charge in [-0.15, -0.1) is 12.4 Å². The Hall–Kier alpha value is -1.16. The Bertz CT molecular complexity index is 585. The van der Waals surface area contributed by atoms with Crippen LogP contribution in [0.2, 0.25) is 0 Å². The second kappa shape index (κ2) is 10.6. The molecule has 0 aromatic heterocycles. The van der Waals surface area contributed by atoms with Gasteiger partial charge in [0.1, 0.15) is 5.75 Å². The zero-order valence-corrected chi connectivity index (χ0v) is 15.5. The summed E-state index contributed by atoms with van der Waals surface area (Å²) in [6.07, 6.45) is 2.36. The molecule has 0 bridgehead atoms. The van der Waals surface area contributed by atoms with Crippen LogP contribution in [-0.4, -0.2) is 23.1 Å². The molecule has 0 heterocycles. The van der Waals surface area contributed by atoms with Crippen LogP contribution in [-0.2, 0) is 6.54 Å². The number of phenols is 1. The highest BCUT2D eigenvalue weighted by Gasteiger charge is 2.09. The first-order chi connectivity index (χ1) is 10.7. The van der Waals surface area contributed by atoms with Crippen LogP contribution in [0.25, 0.3) is 0 Å². The second-order valence-corrected chi connectivity index (χ2v) is 6.60. The van der Waals surface area contributed by atoms with E-state index >= 15 is 0 Å². The molecule has 0 unspecified atom stereocenters. The predicted molar refractivity (Wildman–Crippen MR) is 102 cm³/mol. The molecular weight excluding hydrogens is 326 g/mol. The lowest BCUT2D eigenvalue weighted by Crippen LogP contribution is -2.25. The van der Waals surface area contributed by atoms with Gasteiger partial charge >= 0.3 is 0 Å². The number of hydrogen-bond donors (Lipinski definition) is 1. The fourth-order valence-corrected chi connectivity index (χ4v) is 3.54. The van der Waals surface area contributed by atoms with Gasteiger partial charge in [0.2, 0.25) is 0 Å². The van der Waals surface area contributed by atoms with Crippen molar-refractivity contribution in [2.45, 2.75) is 43.0 Å². The summed E-state index contributed by atoms with van der Waals surface area (Å²) >= 11 is 1.72. The van der Waals surface area contributed by atoms with Gasteiger partial charge in [-0.05, 0) is 55.8 Å². The number of halogens is 1. The van der Waals surface area contributed by atoms with Gasteiger partial charge in [0.25, 0.3) is 0 Å². The van der Waals surface area contributed by atoms with Crippen LogP contribution in [0.15, 0.2) is 58.3 Å². The second-order valence-electron chi connectivity index (χ2n) is 5.48. The third kappa shape index (κ3) is 6.46. The highest BCUT2D eigenvalue weighted by Crippen LogP contribution is 2.32. The molecule has 0 atom stereocenters. The average Bonchev–Trinajstić information content (AvgIpc) is 2.50. The lowest BCUT2D eigenvalue weighted by atomic mass is 10.2. The Morgan fingerprint density at radius 2 is 1.65 bits per heavy atom. The van der Waals surface area contributed by atoms with Crippen molar-refractivity contribution in [3.05, 3.63) is 54.1 Å². The topological polar surface area (TPSA) is 23.5 Å². The zero-order valence-electron chi connectivity index (χ0n) is 13.9. The predicted octanol–water partition coefficient (Wildman–Crippen LogP) is 5.59. The third-order valence-electron chi connectivity index (χ3n) is 3.49. The summed E-state index contributed by atoms with van der Waals surface area (Å²) in [5.41, 5.74) is 1.36. The number of rotatable bonds is 8. The van der Waals surface area contributed by atoms with Crippen LogP contribution >= 0.6 is 24.2 Å². The molecule has 126 valence electrons. The Balaban J connectivity index is 0.00000264. The van der Waals surface area contributed by atoms with Crippen LogP contribution in [0, 0.1) is 0 Å². The van der Waals surface area contributed by atoms with E-state index in [1.54, 1.807) is 17.8 Å². The lowest BCUT2D eigenvalue weighted by molar-refractivity contribution is 0.265. The highest BCUT2D eigenvalue weighted by molar-refractivity contribution is 7.99. The van der Waals surface area contributed by atoms with E-state index in [0.29, 0.717) is 5.75 Å². The van der Waals surface area contributed by atoms with Crippen molar-refractivity contribution in [2.75, 3.05) is 13.1 Å². The Kier molecular flexibility index (Phi) is 9.15. The normalized spacial score (nSPS) is 10.6. The first-order valence-corrected chi connectivity index (χ1v) is 8.81. The number of aromatic hydroxyl groups is 1. The van der Waals surface area contributed by atoms with Gasteiger partial charge in [-0.3, -0.25) is 4.90 Å². The maximum Gasteiger partial charge on any atom is 0.116 e. The maximum absolute atomic E-state index is 9.62. The lowest BCUT2D eigenvalue weighted by Gasteiger charge is -2.22. The van der Waals surface area contributed by atoms with E-state index in [1.165, 1.54) is 23.3 Å². The van der Waals surface area contributed by atoms with Crippen LogP contribution in [0.4, 0.5) is 0 Å². The molecule has 0 spiro atoms. The van der Waals surface area contributed by atoms with Crippen LogP contribution in [0.3, 0.4) is 0 Å². The summed E-state index contributed by atoms with van der Waals surface area (Å²) in [5.74, 6) is 0.320. The maximum atomic E-state index is 9.62. The Morgan fingerprint density at radius 3 is 2.30 bits per heavy atom. The first kappa shape index (κ1) is 19.9. The molecule has 2 nitrogen and oxygen atoms in total. The van der Waals surface area contributed by atoms with Crippen molar-refractivity contribution in [1.82, 2.24) is 4.90 Å². The van der Waals surface area contributed by atoms with E-state index < -0.39 is 0 Å². The summed E-state index contributed by atoms with van der Waals surface area (Å²) in [4.78, 5) is 4.86. The van der Waals surface area contributed by atoms with Crippen molar-refractivity contribution in [1.29, 1.82) is 0 Å². The molecule has 2 rings (SSSR count). The van der Waals surface area contributed by atoms with Crippen molar-refractivity contribution in [2.24, 2.45) is 0 Å². The molecule has 0 aliphatic rings. The molecule has 0 amide bonds. The van der Waals surface area contributed by atoms with Gasteiger partial charge in [-0.25, -0.2) is 0 Å². The molecule has 0 fully saturated rings. The molecule has 2 aromatic carbocycles. The summed E-state index contributed by atoms with van der Waals surface area (Å²) in [5, 5.41) is 9.62. The van der Waals surface area contributed by atoms with Crippen LogP contribution in [0.1, 0.15) is 32.3 Å². The van der Waals surface area contributed by atoms with E-state index in [1.807, 2.05) is 18.2 Å². The molecule has 2 aromatic rings. The standard InChI is InChI=1S/C19H25NOS.ClH/c1-3-12-20(13-4-2)15-16-8-5-6-11-19(16)22-18-10-7-9-17(21)14-18;/h5-11,14,21H,3-4,12-13,15H2,1-2H3;1H. The number of nitrogens with zero attached hydrogens (tertiary/aromatic N) is 1. The number of benzene rings is 2. The van der Waals surface area contributed by atoms with Gasteiger partial charge in [-0.2, -0.15) is 0 Å². The fourth-order valence-electron chi connectivity index (χ4n) is 2.55. The minimum atomic E-state index is 0. The molecule has 0 radical (unpaired) electrons. The Morgan fingerprint density at radius 1 is 0.957 bits per heavy atom. The quantitative estimate of drug-likeness (QED) is 0.670. The van der Waals surface area contributed by atoms with Crippen LogP contribution in [0.5, 0.6) is 5.75 Å². The Labute approximate surface area is 150 Å². The molecule has 0 saturated carbocycles. The monoisotopic (exact) mass is 351 g/mol. The van der Waals surface area contributed by atoms with Crippen molar-refractivity contribution >= 4 is 24.2 Å². The van der Waals surface area contributed by atoms with Gasteiger partial charge in [0, 0.05) is 16.3 Å². The molecule has 4 heteroatoms. The molecule has 0 aliphatic carbocycles. The molecule has 0 aliphatic heterocycles. The van der Waals surface area contributed by atoms with E-state index in [4.69, 9.17) is 0 Å². The van der Waals surface area contributed by atoms with Gasteiger partial charge in [-0.1, -0.05) is 49.9 Å². The van der Waals surface area contributed by atoms with E-state index in [2.05, 4.69) is 43.0 Å². The largest absolute Gasteiger partial charge is 0.508 e. The van der Waals surface area contributed by atoms with Crippen molar-refractivity contribution in [3.8, 4) is 5.75 Å². The van der Waals surface area contributed by atoms with Gasteiger partial charge in [0.15, 0.2) is 0 Å². The van der Waals surface area contributed by atoms with Gasteiger partial charge < -0.3 is 5.11 Å². The number of hydrogen-bond acceptors (Lipinski definition) is 3. The number of phenolic OH excluding ortho intramolecular Hbond substituents is 1. The average molecular weight is 352 g/mol. The van der Waals surface area contributed by atoms with Crippen LogP contribution < -0.4 is 0 Å². The molecule has 23 heavy (non-hydrogen) atoms. The van der Waals surface area contributed by atoms with Crippen molar-refractivity contribution < 1.29 is 5.11 Å². The fraction of sp³-hybridized carbons (Fsp3) is 0.368. The smallest absolute Gasteiger partial charge is 0.116 e. The highest BCUT2D eigenvalue weighted by atomic mass is 35.5. The van der Waals surface area contributed by atoms with E-state index in [0.717, 1.165) is 24.5 Å².